The first-order valence-electron chi connectivity index (χ1n) is 8.33. The third-order valence-electron chi connectivity index (χ3n) is 4.20. The molecule has 0 bridgehead atoms. The fourth-order valence-corrected chi connectivity index (χ4v) is 2.96. The third kappa shape index (κ3) is 5.94. The first-order valence-corrected chi connectivity index (χ1v) is 8.33. The number of unbranched alkanes of at least 4 members (excludes halogenated alkanes) is 3. The number of pyridine rings is 1. The van der Waals surface area contributed by atoms with Gasteiger partial charge in [-0.05, 0) is 37.5 Å². The number of amides is 1. The lowest BCUT2D eigenvalue weighted by Gasteiger charge is -2.24. The second kappa shape index (κ2) is 9.90. The lowest BCUT2D eigenvalue weighted by atomic mass is 9.87. The Bertz CT molecular complexity index is 528. The molecule has 0 radical (unpaired) electrons. The summed E-state index contributed by atoms with van der Waals surface area (Å²) in [6, 6.07) is 6.33. The Hall–Kier alpha value is -2.01. The number of allylic oxidation sites excluding steroid dienone is 1. The smallest absolute Gasteiger partial charge is 0.243 e. The van der Waals surface area contributed by atoms with E-state index in [-0.39, 0.29) is 11.9 Å². The number of nitrogens with one attached hydrogen (secondary N) is 1. The van der Waals surface area contributed by atoms with Gasteiger partial charge in [-0.15, -0.1) is 0 Å². The summed E-state index contributed by atoms with van der Waals surface area (Å²) in [5.41, 5.74) is 2.78. The Morgan fingerprint density at radius 1 is 1.30 bits per heavy atom. The molecule has 1 aliphatic heterocycles. The van der Waals surface area contributed by atoms with E-state index in [1.807, 2.05) is 30.6 Å². The van der Waals surface area contributed by atoms with E-state index in [0.29, 0.717) is 12.3 Å². The molecule has 2 atom stereocenters. The maximum absolute atomic E-state index is 11.0. The van der Waals surface area contributed by atoms with Crippen LogP contribution in [0.4, 0.5) is 0 Å². The number of rotatable bonds is 9. The van der Waals surface area contributed by atoms with Gasteiger partial charge in [0.2, 0.25) is 5.91 Å². The summed E-state index contributed by atoms with van der Waals surface area (Å²) in [4.78, 5) is 20.1. The van der Waals surface area contributed by atoms with Gasteiger partial charge in [-0.3, -0.25) is 20.0 Å². The van der Waals surface area contributed by atoms with Crippen LogP contribution in [0.25, 0.3) is 0 Å². The van der Waals surface area contributed by atoms with Crippen molar-refractivity contribution in [3.63, 3.8) is 0 Å². The lowest BCUT2D eigenvalue weighted by Crippen LogP contribution is -2.19. The van der Waals surface area contributed by atoms with E-state index in [4.69, 9.17) is 5.21 Å². The summed E-state index contributed by atoms with van der Waals surface area (Å²) in [5.74, 6) is 0.0397. The maximum Gasteiger partial charge on any atom is 0.243 e. The van der Waals surface area contributed by atoms with Crippen LogP contribution < -0.4 is 5.48 Å². The van der Waals surface area contributed by atoms with Gasteiger partial charge in [0.05, 0.1) is 6.04 Å². The summed E-state index contributed by atoms with van der Waals surface area (Å²) >= 11 is 0. The van der Waals surface area contributed by atoms with Gasteiger partial charge < -0.3 is 0 Å². The predicted octanol–water partition coefficient (Wildman–Crippen LogP) is 3.41. The van der Waals surface area contributed by atoms with Gasteiger partial charge in [-0.1, -0.05) is 31.4 Å². The van der Waals surface area contributed by atoms with Gasteiger partial charge in [-0.2, -0.15) is 0 Å². The van der Waals surface area contributed by atoms with Gasteiger partial charge in [0.25, 0.3) is 0 Å². The molecular weight excluding hydrogens is 290 g/mol. The van der Waals surface area contributed by atoms with Crippen LogP contribution in [-0.4, -0.2) is 28.4 Å². The van der Waals surface area contributed by atoms with Gasteiger partial charge in [-0.25, -0.2) is 5.48 Å². The van der Waals surface area contributed by atoms with Crippen molar-refractivity contribution in [2.45, 2.75) is 56.9 Å². The van der Waals surface area contributed by atoms with Crippen LogP contribution in [0.15, 0.2) is 41.5 Å². The molecular formula is C18H25N3O2. The van der Waals surface area contributed by atoms with Crippen molar-refractivity contribution in [2.24, 2.45) is 4.99 Å². The van der Waals surface area contributed by atoms with Crippen LogP contribution in [0.5, 0.6) is 0 Å². The maximum atomic E-state index is 11.0. The second-order valence-electron chi connectivity index (χ2n) is 5.88. The molecule has 5 heteroatoms. The zero-order valence-corrected chi connectivity index (χ0v) is 13.4. The molecule has 5 nitrogen and oxygen atoms in total. The van der Waals surface area contributed by atoms with E-state index in [1.54, 1.807) is 5.48 Å². The van der Waals surface area contributed by atoms with Gasteiger partial charge in [0.15, 0.2) is 0 Å². The fraction of sp³-hybridized carbons (Fsp3) is 0.500. The first-order chi connectivity index (χ1) is 11.3. The zero-order valence-electron chi connectivity index (χ0n) is 13.4. The molecule has 2 N–H and O–H groups in total. The van der Waals surface area contributed by atoms with Crippen molar-refractivity contribution < 1.29 is 10.0 Å². The number of carbonyl (C=O) groups excluding carboxylic acids is 1. The van der Waals surface area contributed by atoms with Crippen molar-refractivity contribution in [3.05, 3.63) is 42.2 Å². The highest BCUT2D eigenvalue weighted by molar-refractivity contribution is 5.74. The van der Waals surface area contributed by atoms with Crippen molar-refractivity contribution in [3.8, 4) is 0 Å². The molecule has 0 saturated heterocycles. The van der Waals surface area contributed by atoms with E-state index in [2.05, 4.69) is 22.1 Å². The van der Waals surface area contributed by atoms with E-state index >= 15 is 0 Å². The standard InChI is InChI=1S/C18H25N3O2/c22-18(21-23)12-4-2-1-3-9-15(16-10-5-7-13-19-16)17-11-6-8-14-20-17/h5-8,10,13-15,17,23H,1-4,9,11-12H2,(H,21,22). The molecule has 2 unspecified atom stereocenters. The molecule has 0 aromatic carbocycles. The van der Waals surface area contributed by atoms with Crippen LogP contribution in [0.1, 0.15) is 56.6 Å². The molecule has 1 aromatic rings. The van der Waals surface area contributed by atoms with E-state index < -0.39 is 0 Å². The van der Waals surface area contributed by atoms with E-state index in [1.165, 1.54) is 0 Å². The monoisotopic (exact) mass is 315 g/mol. The fourth-order valence-electron chi connectivity index (χ4n) is 2.96. The van der Waals surface area contributed by atoms with Gasteiger partial charge >= 0.3 is 0 Å². The van der Waals surface area contributed by atoms with Crippen molar-refractivity contribution in [1.82, 2.24) is 10.5 Å². The van der Waals surface area contributed by atoms with E-state index in [9.17, 15) is 4.79 Å². The summed E-state index contributed by atoms with van der Waals surface area (Å²) < 4.78 is 0. The Kier molecular flexibility index (Phi) is 7.46. The number of aromatic nitrogens is 1. The Morgan fingerprint density at radius 3 is 2.87 bits per heavy atom. The summed E-state index contributed by atoms with van der Waals surface area (Å²) in [6.45, 7) is 0. The first kappa shape index (κ1) is 17.3. The number of hydrogen-bond acceptors (Lipinski definition) is 4. The van der Waals surface area contributed by atoms with Crippen molar-refractivity contribution in [1.29, 1.82) is 0 Å². The third-order valence-corrected chi connectivity index (χ3v) is 4.20. The molecule has 1 amide bonds. The largest absolute Gasteiger partial charge is 0.289 e. The minimum absolute atomic E-state index is 0.273. The Labute approximate surface area is 137 Å². The molecule has 0 saturated carbocycles. The minimum atomic E-state index is -0.306. The van der Waals surface area contributed by atoms with Crippen LogP contribution in [0.3, 0.4) is 0 Å². The molecule has 2 rings (SSSR count). The molecule has 2 heterocycles. The van der Waals surface area contributed by atoms with Crippen LogP contribution in [0, 0.1) is 0 Å². The van der Waals surface area contributed by atoms with Crippen molar-refractivity contribution >= 4 is 12.1 Å². The highest BCUT2D eigenvalue weighted by atomic mass is 16.5. The highest BCUT2D eigenvalue weighted by Gasteiger charge is 2.23. The average molecular weight is 315 g/mol. The topological polar surface area (TPSA) is 74.6 Å². The van der Waals surface area contributed by atoms with Crippen molar-refractivity contribution in [2.75, 3.05) is 0 Å². The summed E-state index contributed by atoms with van der Waals surface area (Å²) in [6.07, 6.45) is 14.3. The molecule has 23 heavy (non-hydrogen) atoms. The number of nitrogens with zero attached hydrogens (tertiary/aromatic N) is 2. The van der Waals surface area contributed by atoms with Gasteiger partial charge in [0.1, 0.15) is 0 Å². The number of dihydropyridines is 1. The Balaban J connectivity index is 1.80. The number of carbonyl (C=O) groups is 1. The SMILES string of the molecule is O=C(CCCCCCC(c1ccccn1)C1CC=CC=N1)NO. The molecule has 0 aliphatic carbocycles. The number of aliphatic imine (C=N–C) groups is 1. The van der Waals surface area contributed by atoms with Gasteiger partial charge in [0, 0.05) is 30.4 Å². The molecule has 1 aliphatic rings. The minimum Gasteiger partial charge on any atom is -0.289 e. The molecule has 1 aromatic heterocycles. The normalized spacial score (nSPS) is 17.9. The van der Waals surface area contributed by atoms with Crippen LogP contribution >= 0.6 is 0 Å². The highest BCUT2D eigenvalue weighted by Crippen LogP contribution is 2.29. The van der Waals surface area contributed by atoms with Crippen LogP contribution in [-0.2, 0) is 4.79 Å². The molecule has 0 spiro atoms. The predicted molar refractivity (Wildman–Crippen MR) is 90.6 cm³/mol. The number of hydroxylamine groups is 1. The number of hydrogen-bond donors (Lipinski definition) is 2. The summed E-state index contributed by atoms with van der Waals surface area (Å²) in [7, 11) is 0. The molecule has 0 fully saturated rings. The second-order valence-corrected chi connectivity index (χ2v) is 5.88. The zero-order chi connectivity index (χ0) is 16.3. The summed E-state index contributed by atoms with van der Waals surface area (Å²) in [5, 5.41) is 8.46. The quantitative estimate of drug-likeness (QED) is 0.416. The Morgan fingerprint density at radius 2 is 2.17 bits per heavy atom. The molecule has 124 valence electrons. The van der Waals surface area contributed by atoms with E-state index in [0.717, 1.165) is 44.2 Å². The average Bonchev–Trinajstić information content (AvgIpc) is 2.62. The lowest BCUT2D eigenvalue weighted by molar-refractivity contribution is -0.129. The van der Waals surface area contributed by atoms with Crippen LogP contribution in [0.2, 0.25) is 0 Å².